The number of hydrogen-bond acceptors (Lipinski definition) is 4. The van der Waals surface area contributed by atoms with Crippen LogP contribution in [0.15, 0.2) is 206 Å². The van der Waals surface area contributed by atoms with E-state index in [1.54, 1.807) is 0 Å². The first-order chi connectivity index (χ1) is 40.0. The Kier molecular flexibility index (Phi) is 13.4. The van der Waals surface area contributed by atoms with E-state index in [1.165, 1.54) is 0 Å². The quantitative estimate of drug-likeness (QED) is 0.145. The molecule has 6 aromatic heterocycles. The van der Waals surface area contributed by atoms with Gasteiger partial charge in [0.05, 0.1) is 46.9 Å². The number of benzene rings is 5. The third-order valence-electron chi connectivity index (χ3n) is 14.7. The van der Waals surface area contributed by atoms with Crippen molar-refractivity contribution in [2.24, 2.45) is 0 Å². The van der Waals surface area contributed by atoms with E-state index in [0.717, 1.165) is 106 Å². The Bertz CT molecular complexity index is 4820. The summed E-state index contributed by atoms with van der Waals surface area (Å²) < 4.78 is 10.4. The summed E-state index contributed by atoms with van der Waals surface area (Å²) in [6.45, 7) is 0. The minimum atomic E-state index is 0. The van der Waals surface area contributed by atoms with Crippen molar-refractivity contribution in [2.45, 2.75) is 0 Å². The molecule has 0 radical (unpaired) electrons. The van der Waals surface area contributed by atoms with Crippen LogP contribution in [0.4, 0.5) is 0 Å². The van der Waals surface area contributed by atoms with E-state index in [1.807, 2.05) is 170 Å². The molecule has 0 unspecified atom stereocenters. The summed E-state index contributed by atoms with van der Waals surface area (Å²) in [7, 11) is 0. The van der Waals surface area contributed by atoms with Crippen LogP contribution in [-0.4, -0.2) is 19.9 Å². The Balaban J connectivity index is 0.00000322. The number of fused-ring (bicyclic) bond motifs is 16. The van der Waals surface area contributed by atoms with Crippen molar-refractivity contribution < 1.29 is 34.4 Å². The van der Waals surface area contributed by atoms with E-state index in [0.29, 0.717) is 50.3 Å². The Morgan fingerprint density at radius 1 is 0.293 bits per heavy atom. The van der Waals surface area contributed by atoms with Gasteiger partial charge < -0.3 is 19.9 Å². The van der Waals surface area contributed by atoms with E-state index >= 15 is 0 Å². The topological polar surface area (TPSA) is 108 Å². The van der Waals surface area contributed by atoms with Gasteiger partial charge in [0, 0.05) is 0 Å². The first-order valence-electron chi connectivity index (χ1n) is 27.1. The molecule has 392 valence electrons. The molecule has 0 amide bonds. The van der Waals surface area contributed by atoms with E-state index < -0.39 is 0 Å². The Morgan fingerprint density at radius 3 is 1.11 bits per heavy atom. The van der Waals surface area contributed by atoms with Gasteiger partial charge in [0.15, 0.2) is 0 Å². The van der Waals surface area contributed by atoms with Gasteiger partial charge in [-0.1, -0.05) is 218 Å². The molecule has 16 bridgehead atoms. The molecule has 0 atom stereocenters. The molecule has 82 heavy (non-hydrogen) atoms. The predicted molar refractivity (Wildman–Crippen MR) is 330 cm³/mol. The molecule has 11 aromatic rings. The summed E-state index contributed by atoms with van der Waals surface area (Å²) in [5.41, 5.74) is 22.2. The first-order valence-corrected chi connectivity index (χ1v) is 26.6. The normalized spacial score (nSPS) is 12.5. The van der Waals surface area contributed by atoms with Crippen molar-refractivity contribution >= 4 is 105 Å². The molecule has 0 saturated heterocycles. The van der Waals surface area contributed by atoms with Crippen LogP contribution in [0.1, 0.15) is 58.0 Å². The Morgan fingerprint density at radius 2 is 0.634 bits per heavy atom. The molecular formula is C72H44N8Ni2. The molecule has 0 N–H and O–H groups in total. The van der Waals surface area contributed by atoms with Crippen LogP contribution >= 0.6 is 0 Å². The van der Waals surface area contributed by atoms with Gasteiger partial charge in [-0.25, -0.2) is 19.9 Å². The minimum Gasteiger partial charge on any atom is -0.657 e. The average Bonchev–Trinajstić information content (AvgIpc) is 4.48. The number of rotatable bonds is 7. The zero-order chi connectivity index (χ0) is 53.8. The van der Waals surface area contributed by atoms with Gasteiger partial charge in [0.25, 0.3) is 0 Å². The molecule has 0 spiro atoms. The summed E-state index contributed by atoms with van der Waals surface area (Å²) >= 11 is 0. The molecule has 10 heterocycles. The monoisotopic (exact) mass is 1140 g/mol. The van der Waals surface area contributed by atoms with E-state index in [2.05, 4.69) is 91.0 Å². The smallest absolute Gasteiger partial charge is 0.657 e. The zero-order valence-corrected chi connectivity index (χ0v) is 45.5. The molecular weight excluding hydrogens is 1090 g/mol. The van der Waals surface area contributed by atoms with Gasteiger partial charge in [0.1, 0.15) is 0 Å². The molecule has 10 heteroatoms. The van der Waals surface area contributed by atoms with E-state index in [9.17, 15) is 1.37 Å². The van der Waals surface area contributed by atoms with Crippen molar-refractivity contribution in [3.05, 3.63) is 263 Å². The molecule has 5 aromatic carbocycles. The van der Waals surface area contributed by atoms with Crippen molar-refractivity contribution in [3.63, 3.8) is 0 Å². The third kappa shape index (κ3) is 9.64. The summed E-state index contributed by atoms with van der Waals surface area (Å²) in [4.78, 5) is 42.7. The summed E-state index contributed by atoms with van der Waals surface area (Å²) in [5.74, 6) is 0. The van der Waals surface area contributed by atoms with Crippen LogP contribution in [0.25, 0.3) is 161 Å². The molecule has 0 fully saturated rings. The molecule has 4 aliphatic rings. The van der Waals surface area contributed by atoms with Crippen molar-refractivity contribution in [3.8, 4) is 55.6 Å². The second-order valence-corrected chi connectivity index (χ2v) is 19.8. The summed E-state index contributed by atoms with van der Waals surface area (Å²) in [6, 6.07) is 69.8. The maximum atomic E-state index is 10.4. The molecule has 15 rings (SSSR count). The van der Waals surface area contributed by atoms with Gasteiger partial charge in [0.2, 0.25) is 0 Å². The van der Waals surface area contributed by atoms with Crippen molar-refractivity contribution in [1.29, 1.82) is 0 Å². The largest absolute Gasteiger partial charge is 2.00 e. The Hall–Kier alpha value is -9.97. The maximum Gasteiger partial charge on any atom is 2.00 e. The summed E-state index contributed by atoms with van der Waals surface area (Å²) in [6.07, 6.45) is 18.2. The molecule has 0 aliphatic carbocycles. The second kappa shape index (κ2) is 21.9. The Labute approximate surface area is 494 Å². The zero-order valence-electron chi connectivity index (χ0n) is 44.5. The molecule has 8 nitrogen and oxygen atoms in total. The van der Waals surface area contributed by atoms with Gasteiger partial charge in [-0.05, 0) is 115 Å². The fourth-order valence-corrected chi connectivity index (χ4v) is 11.0. The number of hydrogen-bond donors (Lipinski definition) is 0. The van der Waals surface area contributed by atoms with Gasteiger partial charge in [-0.3, -0.25) is 0 Å². The van der Waals surface area contributed by atoms with E-state index in [4.69, 9.17) is 39.9 Å². The maximum absolute atomic E-state index is 10.4. The SMILES string of the molecule is [2H]/C(=C\c1cc2[n-]c1cc1nc(c(-c3ccccc3)c3ccc(cc4nc(c2-c2ccccc2)C=C4)[n-]3)C=C1)c1c2nc(c(-c3ccccc3)c3ccc([n-]3)c(-c3ccccc3)c3nc(c(-c4ccccc4)c4ccc1[n-]4)C=C3)C=C2.[Ni+2].[Ni+2]. The van der Waals surface area contributed by atoms with Gasteiger partial charge in [-0.2, -0.15) is 0 Å². The number of aromatic nitrogens is 8. The summed E-state index contributed by atoms with van der Waals surface area (Å²) in [5, 5.41) is 0. The van der Waals surface area contributed by atoms with Crippen LogP contribution in [-0.2, 0) is 33.0 Å². The van der Waals surface area contributed by atoms with Crippen LogP contribution in [0.5, 0.6) is 0 Å². The fraction of sp³-hybridized carbons (Fsp3) is 0. The molecule has 0 saturated carbocycles. The van der Waals surface area contributed by atoms with Crippen LogP contribution in [0, 0.1) is 0 Å². The number of nitrogens with zero attached hydrogens (tertiary/aromatic N) is 8. The average molecular weight is 1140 g/mol. The molecule has 4 aliphatic heterocycles. The van der Waals surface area contributed by atoms with Crippen LogP contribution in [0.2, 0.25) is 0 Å². The third-order valence-corrected chi connectivity index (χ3v) is 14.7. The standard InChI is InChI=1S/C72H44N8.2Ni/c1-6-16-45(17-7-1)68-57-31-27-51(73-57)43-52-28-32-59(74-52)72(49-24-14-5-15-25-49)67-42-50(66(80-67)44-53-29-33-58(68)75-53)26-30-54-55-34-36-60(76-55)69(46-18-8-2-9-19-46)62-38-40-64(78-62)71(48-22-12-4-13-23-48)65-41-39-63(79-65)70(47-20-10-3-11-21-47)61-37-35-56(54)77-61;;/h1-44H;;/q-4;2*+2/b30-26+,51-43?,52-43?,53-44?,55-54?,56-54?,66-44?,68-57?,68-58?,69-60?,69-62?,70-61?,70-63?,71-64?,71-65?,72-59?,72-67?;;/i30D;;. The van der Waals surface area contributed by atoms with Crippen LogP contribution < -0.4 is 19.9 Å². The van der Waals surface area contributed by atoms with Gasteiger partial charge >= 0.3 is 33.0 Å². The van der Waals surface area contributed by atoms with Crippen molar-refractivity contribution in [1.82, 2.24) is 39.9 Å². The minimum absolute atomic E-state index is 0. The fourth-order valence-electron chi connectivity index (χ4n) is 11.0. The van der Waals surface area contributed by atoms with Gasteiger partial charge in [-0.15, -0.1) is 44.1 Å². The second-order valence-electron chi connectivity index (χ2n) is 19.8. The first kappa shape index (κ1) is 50.3. The van der Waals surface area contributed by atoms with Crippen LogP contribution in [0.3, 0.4) is 0 Å². The van der Waals surface area contributed by atoms with Crippen molar-refractivity contribution in [2.75, 3.05) is 0 Å². The predicted octanol–water partition coefficient (Wildman–Crippen LogP) is 16.6. The van der Waals surface area contributed by atoms with E-state index in [-0.39, 0.29) is 39.0 Å².